The second-order valence-electron chi connectivity index (χ2n) is 7.95. The van der Waals surface area contributed by atoms with E-state index >= 15 is 0 Å². The van der Waals surface area contributed by atoms with Crippen molar-refractivity contribution in [2.75, 3.05) is 14.1 Å². The van der Waals surface area contributed by atoms with Crippen molar-refractivity contribution in [1.82, 2.24) is 29.3 Å². The molecule has 0 aliphatic heterocycles. The van der Waals surface area contributed by atoms with E-state index in [9.17, 15) is 9.59 Å². The van der Waals surface area contributed by atoms with Gasteiger partial charge in [-0.25, -0.2) is 9.50 Å². The zero-order valence-electron chi connectivity index (χ0n) is 19.0. The molecule has 0 aliphatic rings. The predicted molar refractivity (Wildman–Crippen MR) is 125 cm³/mol. The van der Waals surface area contributed by atoms with E-state index in [1.807, 2.05) is 50.8 Å². The number of benzene rings is 1. The summed E-state index contributed by atoms with van der Waals surface area (Å²) in [5.41, 5.74) is 3.33. The van der Waals surface area contributed by atoms with Gasteiger partial charge >= 0.3 is 0 Å². The Kier molecular flexibility index (Phi) is 5.65. The molecule has 1 N–H and O–H groups in total. The van der Waals surface area contributed by atoms with Crippen molar-refractivity contribution in [3.63, 3.8) is 0 Å². The molecule has 0 atom stereocenters. The van der Waals surface area contributed by atoms with Crippen molar-refractivity contribution < 1.29 is 4.79 Å². The molecule has 3 aromatic heterocycles. The number of amides is 1. The van der Waals surface area contributed by atoms with E-state index < -0.39 is 5.91 Å². The number of amidine groups is 1. The Morgan fingerprint density at radius 1 is 1.22 bits per heavy atom. The summed E-state index contributed by atoms with van der Waals surface area (Å²) in [7, 11) is 3.65. The van der Waals surface area contributed by atoms with E-state index in [4.69, 9.17) is 4.98 Å². The number of aromatic amines is 1. The molecular weight excluding hydrogens is 406 g/mol. The fourth-order valence-electron chi connectivity index (χ4n) is 3.69. The second-order valence-corrected chi connectivity index (χ2v) is 7.95. The van der Waals surface area contributed by atoms with Crippen molar-refractivity contribution in [2.45, 2.75) is 40.2 Å². The van der Waals surface area contributed by atoms with Gasteiger partial charge in [0.25, 0.3) is 11.5 Å². The molecule has 0 bridgehead atoms. The Hall–Kier alpha value is -3.75. The molecule has 0 saturated heterocycles. The molecule has 9 heteroatoms. The number of aromatic nitrogens is 5. The molecule has 1 amide bonds. The number of nitrogens with one attached hydrogen (secondary N) is 1. The van der Waals surface area contributed by atoms with Crippen LogP contribution in [0.1, 0.15) is 43.2 Å². The van der Waals surface area contributed by atoms with Crippen LogP contribution in [0.15, 0.2) is 40.2 Å². The average molecular weight is 434 g/mol. The summed E-state index contributed by atoms with van der Waals surface area (Å²) in [5, 5.41) is 8.41. The first kappa shape index (κ1) is 21.5. The second kappa shape index (κ2) is 8.41. The molecule has 4 rings (SSSR count). The molecule has 0 unspecified atom stereocenters. The normalized spacial score (nSPS) is 12.1. The minimum Gasteiger partial charge on any atom is -0.366 e. The number of nitrogens with zero attached hydrogens (tertiary/aromatic N) is 6. The van der Waals surface area contributed by atoms with Gasteiger partial charge in [0, 0.05) is 43.4 Å². The number of rotatable bonds is 5. The number of H-pyrrole nitrogens is 1. The standard InChI is InChI=1S/C23H27N7O2/c1-6-8-17-21(23(32)25-14(3)28(4)5)22-26-18(12-20(31)30(22)27-17)15-9-10-19-16(11-15)13-24-29(19)7-2/h9-13,27H,6-8H2,1-5H3. The zero-order valence-corrected chi connectivity index (χ0v) is 19.0. The lowest BCUT2D eigenvalue weighted by molar-refractivity contribution is 0.100. The molecule has 0 radical (unpaired) electrons. The number of fused-ring (bicyclic) bond motifs is 2. The fraction of sp³-hybridized carbons (Fsp3) is 0.348. The third-order valence-corrected chi connectivity index (χ3v) is 5.55. The first-order valence-corrected chi connectivity index (χ1v) is 10.7. The molecule has 1 aromatic carbocycles. The van der Waals surface area contributed by atoms with Crippen LogP contribution in [0.2, 0.25) is 0 Å². The predicted octanol–water partition coefficient (Wildman–Crippen LogP) is 3.13. The number of carbonyl (C=O) groups excluding carboxylic acids is 1. The number of aryl methyl sites for hydroxylation is 2. The maximum absolute atomic E-state index is 13.1. The molecule has 166 valence electrons. The van der Waals surface area contributed by atoms with Gasteiger partial charge in [-0.2, -0.15) is 10.1 Å². The Bertz CT molecular complexity index is 1410. The van der Waals surface area contributed by atoms with Gasteiger partial charge in [0.15, 0.2) is 5.65 Å². The van der Waals surface area contributed by atoms with Gasteiger partial charge in [-0.1, -0.05) is 19.4 Å². The minimum atomic E-state index is -0.415. The van der Waals surface area contributed by atoms with Crippen LogP contribution in [0.3, 0.4) is 0 Å². The van der Waals surface area contributed by atoms with Gasteiger partial charge in [0.2, 0.25) is 0 Å². The van der Waals surface area contributed by atoms with Gasteiger partial charge in [-0.05, 0) is 32.4 Å². The smallest absolute Gasteiger partial charge is 0.284 e. The summed E-state index contributed by atoms with van der Waals surface area (Å²) in [5.74, 6) is 0.163. The summed E-state index contributed by atoms with van der Waals surface area (Å²) < 4.78 is 3.24. The van der Waals surface area contributed by atoms with Gasteiger partial charge < -0.3 is 4.90 Å². The zero-order chi connectivity index (χ0) is 23.0. The highest BCUT2D eigenvalue weighted by atomic mass is 16.1. The van der Waals surface area contributed by atoms with Crippen LogP contribution in [0.4, 0.5) is 0 Å². The monoisotopic (exact) mass is 433 g/mol. The van der Waals surface area contributed by atoms with Crippen LogP contribution in [-0.2, 0) is 13.0 Å². The van der Waals surface area contributed by atoms with Crippen LogP contribution < -0.4 is 5.56 Å². The largest absolute Gasteiger partial charge is 0.366 e. The van der Waals surface area contributed by atoms with Gasteiger partial charge in [0.1, 0.15) is 11.4 Å². The van der Waals surface area contributed by atoms with E-state index in [0.717, 1.165) is 29.4 Å². The van der Waals surface area contributed by atoms with Crippen molar-refractivity contribution in [3.8, 4) is 11.3 Å². The average Bonchev–Trinajstić information content (AvgIpc) is 3.34. The molecule has 0 spiro atoms. The van der Waals surface area contributed by atoms with E-state index in [1.165, 1.54) is 10.6 Å². The van der Waals surface area contributed by atoms with Crippen molar-refractivity contribution >= 4 is 28.3 Å². The van der Waals surface area contributed by atoms with Crippen molar-refractivity contribution in [3.05, 3.63) is 52.1 Å². The first-order chi connectivity index (χ1) is 15.3. The number of hydrogen-bond acceptors (Lipinski definition) is 4. The molecule has 32 heavy (non-hydrogen) atoms. The molecular formula is C23H27N7O2. The van der Waals surface area contributed by atoms with Crippen LogP contribution in [0, 0.1) is 0 Å². The number of carbonyl (C=O) groups is 1. The third-order valence-electron chi connectivity index (χ3n) is 5.55. The number of aliphatic imine (C=N–C) groups is 1. The Labute approximate surface area is 185 Å². The van der Waals surface area contributed by atoms with Gasteiger partial charge in [-0.15, -0.1) is 0 Å². The van der Waals surface area contributed by atoms with Crippen LogP contribution in [0.25, 0.3) is 27.8 Å². The fourth-order valence-corrected chi connectivity index (χ4v) is 3.69. The summed E-state index contributed by atoms with van der Waals surface area (Å²) in [6.45, 7) is 6.59. The lowest BCUT2D eigenvalue weighted by Crippen LogP contribution is -2.20. The number of hydrogen-bond donors (Lipinski definition) is 1. The maximum Gasteiger partial charge on any atom is 0.284 e. The Balaban J connectivity index is 1.91. The summed E-state index contributed by atoms with van der Waals surface area (Å²) in [4.78, 5) is 36.7. The van der Waals surface area contributed by atoms with E-state index in [2.05, 4.69) is 15.2 Å². The lowest BCUT2D eigenvalue weighted by Gasteiger charge is -2.10. The summed E-state index contributed by atoms with van der Waals surface area (Å²) in [6.07, 6.45) is 3.22. The Morgan fingerprint density at radius 3 is 2.69 bits per heavy atom. The maximum atomic E-state index is 13.1. The van der Waals surface area contributed by atoms with Gasteiger partial charge in [0.05, 0.1) is 17.4 Å². The first-order valence-electron chi connectivity index (χ1n) is 10.7. The van der Waals surface area contributed by atoms with E-state index in [-0.39, 0.29) is 5.56 Å². The Morgan fingerprint density at radius 2 is 2.00 bits per heavy atom. The van der Waals surface area contributed by atoms with Crippen LogP contribution in [0.5, 0.6) is 0 Å². The summed E-state index contributed by atoms with van der Waals surface area (Å²) >= 11 is 0. The van der Waals surface area contributed by atoms with Crippen LogP contribution in [-0.4, -0.2) is 55.1 Å². The molecule has 3 heterocycles. The van der Waals surface area contributed by atoms with E-state index in [1.54, 1.807) is 18.0 Å². The third kappa shape index (κ3) is 3.70. The molecule has 0 aliphatic carbocycles. The van der Waals surface area contributed by atoms with Crippen molar-refractivity contribution in [1.29, 1.82) is 0 Å². The molecule has 4 aromatic rings. The molecule has 0 fully saturated rings. The molecule has 9 nitrogen and oxygen atoms in total. The van der Waals surface area contributed by atoms with E-state index in [0.29, 0.717) is 34.9 Å². The molecule has 0 saturated carbocycles. The SMILES string of the molecule is CCCc1[nH]n2c(=O)cc(-c3ccc4c(cnn4CC)c3)nc2c1C(=O)N=C(C)N(C)C. The highest BCUT2D eigenvalue weighted by Crippen LogP contribution is 2.24. The summed E-state index contributed by atoms with van der Waals surface area (Å²) in [6, 6.07) is 7.33. The van der Waals surface area contributed by atoms with Crippen LogP contribution >= 0.6 is 0 Å². The van der Waals surface area contributed by atoms with Gasteiger partial charge in [-0.3, -0.25) is 19.4 Å². The topological polar surface area (TPSA) is 101 Å². The quantitative estimate of drug-likeness (QED) is 0.385. The lowest BCUT2D eigenvalue weighted by atomic mass is 10.1. The van der Waals surface area contributed by atoms with Crippen molar-refractivity contribution in [2.24, 2.45) is 4.99 Å². The highest BCUT2D eigenvalue weighted by Gasteiger charge is 2.22. The highest BCUT2D eigenvalue weighted by molar-refractivity contribution is 6.07. The minimum absolute atomic E-state index is 0.279.